The molecule has 0 saturated heterocycles. The quantitative estimate of drug-likeness (QED) is 0.163. The standard InChI is InChI=1S/C20H28N4O9/c1-9(21)17(29)22-13(7-11-3-5-12(26)6-4-11)18(30)23-14(8-15(27)28)19(31)24-16(10(2)25)20(32)33/h3-6,9-10,13-14,16,25-26H,7-8,21H2,1-2H3,(H,22,29)(H,23,30)(H,24,31)(H,27,28)(H,32,33). The number of hydrogen-bond donors (Lipinski definition) is 8. The summed E-state index contributed by atoms with van der Waals surface area (Å²) >= 11 is 0. The van der Waals surface area contributed by atoms with E-state index in [1.807, 2.05) is 5.32 Å². The predicted molar refractivity (Wildman–Crippen MR) is 113 cm³/mol. The largest absolute Gasteiger partial charge is 0.508 e. The number of phenols is 1. The number of rotatable bonds is 12. The van der Waals surface area contributed by atoms with Crippen molar-refractivity contribution in [2.75, 3.05) is 0 Å². The number of aliphatic hydroxyl groups is 1. The topological polar surface area (TPSA) is 228 Å². The Labute approximate surface area is 189 Å². The van der Waals surface area contributed by atoms with Crippen molar-refractivity contribution in [1.82, 2.24) is 16.0 Å². The number of nitrogens with two attached hydrogens (primary N) is 1. The number of phenolic OH excluding ortho intramolecular Hbond substituents is 1. The number of carbonyl (C=O) groups is 5. The van der Waals surface area contributed by atoms with Gasteiger partial charge in [-0.3, -0.25) is 19.2 Å². The summed E-state index contributed by atoms with van der Waals surface area (Å²) in [6.45, 7) is 2.49. The Morgan fingerprint density at radius 3 is 1.85 bits per heavy atom. The summed E-state index contributed by atoms with van der Waals surface area (Å²) in [5, 5.41) is 43.7. The fraction of sp³-hybridized carbons (Fsp3) is 0.450. The third kappa shape index (κ3) is 9.13. The van der Waals surface area contributed by atoms with Gasteiger partial charge in [0.15, 0.2) is 6.04 Å². The number of carboxylic acids is 2. The minimum Gasteiger partial charge on any atom is -0.508 e. The molecule has 0 saturated carbocycles. The van der Waals surface area contributed by atoms with Crippen LogP contribution < -0.4 is 21.7 Å². The zero-order valence-electron chi connectivity index (χ0n) is 18.0. The molecule has 13 nitrogen and oxygen atoms in total. The van der Waals surface area contributed by atoms with Crippen LogP contribution in [0.1, 0.15) is 25.8 Å². The van der Waals surface area contributed by atoms with Gasteiger partial charge in [0.05, 0.1) is 18.6 Å². The van der Waals surface area contributed by atoms with Crippen molar-refractivity contribution in [3.8, 4) is 5.75 Å². The molecule has 1 aromatic carbocycles. The summed E-state index contributed by atoms with van der Waals surface area (Å²) in [4.78, 5) is 59.8. The van der Waals surface area contributed by atoms with Crippen LogP contribution in [0.25, 0.3) is 0 Å². The molecule has 0 aliphatic carbocycles. The lowest BCUT2D eigenvalue weighted by Gasteiger charge is -2.25. The van der Waals surface area contributed by atoms with E-state index < -0.39 is 66.4 Å². The van der Waals surface area contributed by atoms with Gasteiger partial charge in [0.25, 0.3) is 0 Å². The number of carboxylic acid groups (broad SMARTS) is 2. The van der Waals surface area contributed by atoms with E-state index in [0.717, 1.165) is 6.92 Å². The fourth-order valence-electron chi connectivity index (χ4n) is 2.68. The minimum atomic E-state index is -1.74. The van der Waals surface area contributed by atoms with Crippen molar-refractivity contribution in [3.05, 3.63) is 29.8 Å². The average molecular weight is 468 g/mol. The van der Waals surface area contributed by atoms with Crippen molar-refractivity contribution in [1.29, 1.82) is 0 Å². The molecule has 0 aliphatic rings. The van der Waals surface area contributed by atoms with E-state index in [-0.39, 0.29) is 12.2 Å². The average Bonchev–Trinajstić information content (AvgIpc) is 2.71. The monoisotopic (exact) mass is 468 g/mol. The molecule has 0 bridgehead atoms. The number of nitrogens with one attached hydrogen (secondary N) is 3. The minimum absolute atomic E-state index is 0.0244. The molecule has 182 valence electrons. The van der Waals surface area contributed by atoms with Gasteiger partial charge in [0.1, 0.15) is 17.8 Å². The second-order valence-electron chi connectivity index (χ2n) is 7.44. The number of benzene rings is 1. The van der Waals surface area contributed by atoms with Gasteiger partial charge in [0, 0.05) is 6.42 Å². The van der Waals surface area contributed by atoms with Gasteiger partial charge in [0.2, 0.25) is 17.7 Å². The lowest BCUT2D eigenvalue weighted by molar-refractivity contribution is -0.146. The zero-order valence-corrected chi connectivity index (χ0v) is 18.0. The summed E-state index contributed by atoms with van der Waals surface area (Å²) in [5.41, 5.74) is 6.05. The lowest BCUT2D eigenvalue weighted by Crippen LogP contribution is -2.58. The number of aliphatic hydroxyl groups excluding tert-OH is 1. The van der Waals surface area contributed by atoms with Crippen molar-refractivity contribution >= 4 is 29.7 Å². The highest BCUT2D eigenvalue weighted by Gasteiger charge is 2.32. The van der Waals surface area contributed by atoms with E-state index in [1.54, 1.807) is 0 Å². The van der Waals surface area contributed by atoms with Crippen LogP contribution >= 0.6 is 0 Å². The Morgan fingerprint density at radius 2 is 1.39 bits per heavy atom. The summed E-state index contributed by atoms with van der Waals surface area (Å²) in [5.74, 6) is -5.82. The van der Waals surface area contributed by atoms with Crippen LogP contribution in [0, 0.1) is 0 Å². The van der Waals surface area contributed by atoms with E-state index in [1.165, 1.54) is 31.2 Å². The van der Waals surface area contributed by atoms with Crippen LogP contribution in [0.2, 0.25) is 0 Å². The number of amides is 3. The van der Waals surface area contributed by atoms with Crippen molar-refractivity contribution in [3.63, 3.8) is 0 Å². The highest BCUT2D eigenvalue weighted by molar-refractivity contribution is 5.95. The fourth-order valence-corrected chi connectivity index (χ4v) is 2.68. The van der Waals surface area contributed by atoms with Gasteiger partial charge in [-0.05, 0) is 31.5 Å². The SMILES string of the molecule is CC(N)C(=O)NC(Cc1ccc(O)cc1)C(=O)NC(CC(=O)O)C(=O)NC(C(=O)O)C(C)O. The van der Waals surface area contributed by atoms with E-state index >= 15 is 0 Å². The molecule has 0 radical (unpaired) electrons. The number of hydrogen-bond acceptors (Lipinski definition) is 8. The van der Waals surface area contributed by atoms with E-state index in [0.29, 0.717) is 5.56 Å². The second-order valence-corrected chi connectivity index (χ2v) is 7.44. The normalized spacial score (nSPS) is 15.3. The Morgan fingerprint density at radius 1 is 0.879 bits per heavy atom. The smallest absolute Gasteiger partial charge is 0.328 e. The maximum absolute atomic E-state index is 12.9. The van der Waals surface area contributed by atoms with Crippen LogP contribution in [0.15, 0.2) is 24.3 Å². The van der Waals surface area contributed by atoms with Crippen LogP contribution in [-0.2, 0) is 30.4 Å². The van der Waals surface area contributed by atoms with Gasteiger partial charge in [-0.25, -0.2) is 4.79 Å². The molecule has 0 aromatic heterocycles. The molecule has 0 fully saturated rings. The summed E-state index contributed by atoms with van der Waals surface area (Å²) < 4.78 is 0. The van der Waals surface area contributed by atoms with Crippen LogP contribution in [0.4, 0.5) is 0 Å². The molecule has 1 rings (SSSR count). The molecule has 9 N–H and O–H groups in total. The van der Waals surface area contributed by atoms with Gasteiger partial charge < -0.3 is 42.1 Å². The molecule has 0 spiro atoms. The highest BCUT2D eigenvalue weighted by atomic mass is 16.4. The number of aromatic hydroxyl groups is 1. The molecule has 5 atom stereocenters. The highest BCUT2D eigenvalue weighted by Crippen LogP contribution is 2.12. The molecule has 13 heteroatoms. The molecule has 5 unspecified atom stereocenters. The van der Waals surface area contributed by atoms with Gasteiger partial charge >= 0.3 is 11.9 Å². The first kappa shape index (κ1) is 27.3. The van der Waals surface area contributed by atoms with E-state index in [4.69, 9.17) is 15.9 Å². The van der Waals surface area contributed by atoms with Crippen molar-refractivity contribution < 1.29 is 44.4 Å². The predicted octanol–water partition coefficient (Wildman–Crippen LogP) is -2.32. The molecular formula is C20H28N4O9. The van der Waals surface area contributed by atoms with Crippen molar-refractivity contribution in [2.24, 2.45) is 5.73 Å². The first-order chi connectivity index (χ1) is 15.3. The third-order valence-corrected chi connectivity index (χ3v) is 4.48. The number of aliphatic carboxylic acids is 2. The first-order valence-corrected chi connectivity index (χ1v) is 9.89. The maximum atomic E-state index is 12.9. The molecular weight excluding hydrogens is 440 g/mol. The zero-order chi connectivity index (χ0) is 25.3. The van der Waals surface area contributed by atoms with E-state index in [9.17, 15) is 34.2 Å². The maximum Gasteiger partial charge on any atom is 0.328 e. The summed E-state index contributed by atoms with van der Waals surface area (Å²) in [6.07, 6.45) is -2.48. The Bertz CT molecular complexity index is 871. The number of carbonyl (C=O) groups excluding carboxylic acids is 3. The molecule has 33 heavy (non-hydrogen) atoms. The molecule has 0 heterocycles. The summed E-state index contributed by atoms with van der Waals surface area (Å²) in [6, 6.07) is 0.0248. The van der Waals surface area contributed by atoms with Crippen molar-refractivity contribution in [2.45, 2.75) is 57.0 Å². The van der Waals surface area contributed by atoms with Crippen LogP contribution in [-0.4, -0.2) is 80.4 Å². The Hall–Kier alpha value is -3.71. The van der Waals surface area contributed by atoms with Gasteiger partial charge in [-0.15, -0.1) is 0 Å². The Balaban J connectivity index is 3.10. The van der Waals surface area contributed by atoms with Crippen LogP contribution in [0.5, 0.6) is 5.75 Å². The molecule has 1 aromatic rings. The lowest BCUT2D eigenvalue weighted by atomic mass is 10.0. The molecule has 0 aliphatic heterocycles. The van der Waals surface area contributed by atoms with Gasteiger partial charge in [-0.1, -0.05) is 12.1 Å². The van der Waals surface area contributed by atoms with E-state index in [2.05, 4.69) is 10.6 Å². The third-order valence-electron chi connectivity index (χ3n) is 4.48. The molecule has 3 amide bonds. The first-order valence-electron chi connectivity index (χ1n) is 9.89. The Kier molecular flexibility index (Phi) is 10.2. The second kappa shape index (κ2) is 12.4. The van der Waals surface area contributed by atoms with Gasteiger partial charge in [-0.2, -0.15) is 0 Å². The summed E-state index contributed by atoms with van der Waals surface area (Å²) in [7, 11) is 0. The van der Waals surface area contributed by atoms with Crippen LogP contribution in [0.3, 0.4) is 0 Å².